The molecule has 0 aliphatic heterocycles. The number of fused-ring (bicyclic) bond motifs is 1. The minimum Gasteiger partial charge on any atom is -0.493 e. The lowest BCUT2D eigenvalue weighted by atomic mass is 10.0. The Hall–Kier alpha value is -4.76. The Kier molecular flexibility index (Phi) is 8.02. The van der Waals surface area contributed by atoms with Gasteiger partial charge in [-0.3, -0.25) is 4.79 Å². The molecule has 9 heteroatoms. The van der Waals surface area contributed by atoms with E-state index in [1.54, 1.807) is 30.3 Å². The molecule has 0 spiro atoms. The Bertz CT molecular complexity index is 1640. The average Bonchev–Trinajstić information content (AvgIpc) is 3.40. The molecule has 40 heavy (non-hydrogen) atoms. The van der Waals surface area contributed by atoms with Gasteiger partial charge in [-0.2, -0.15) is 10.1 Å². The Balaban J connectivity index is 1.50. The number of thiazole rings is 1. The van der Waals surface area contributed by atoms with Crippen LogP contribution in [-0.2, 0) is 6.42 Å². The number of benzene rings is 4. The molecule has 0 aliphatic carbocycles. The molecule has 0 saturated heterocycles. The number of hydrogen-bond donors (Lipinski definition) is 0. The predicted molar refractivity (Wildman–Crippen MR) is 156 cm³/mol. The molecule has 4 aromatic carbocycles. The number of carbonyl (C=O) groups is 1. The van der Waals surface area contributed by atoms with Crippen LogP contribution in [0.25, 0.3) is 10.2 Å². The van der Waals surface area contributed by atoms with Gasteiger partial charge < -0.3 is 14.2 Å². The number of nitrogens with zero attached hydrogens (tertiary/aromatic N) is 3. The number of halogens is 1. The molecule has 0 unspecified atom stereocenters. The molecule has 1 amide bonds. The second-order valence-corrected chi connectivity index (χ2v) is 9.80. The SMILES string of the molecule is COc1cc(/C=N/N(C(=O)c2ccc(Cc3ccccc3)cc2)c2nc3ccc(F)cc3s2)cc(OC)c1OC. The van der Waals surface area contributed by atoms with Gasteiger partial charge in [0.25, 0.3) is 5.91 Å². The molecule has 1 aromatic heterocycles. The number of anilines is 1. The third-order valence-electron chi connectivity index (χ3n) is 6.17. The number of hydrazone groups is 1. The summed E-state index contributed by atoms with van der Waals surface area (Å²) in [5.74, 6) is 0.583. The molecule has 5 aromatic rings. The first-order valence-electron chi connectivity index (χ1n) is 12.4. The van der Waals surface area contributed by atoms with Gasteiger partial charge in [-0.25, -0.2) is 9.37 Å². The highest BCUT2D eigenvalue weighted by Crippen LogP contribution is 2.38. The number of rotatable bonds is 9. The van der Waals surface area contributed by atoms with Crippen LogP contribution in [0.5, 0.6) is 17.2 Å². The third kappa shape index (κ3) is 5.79. The molecule has 0 saturated carbocycles. The molecule has 7 nitrogen and oxygen atoms in total. The summed E-state index contributed by atoms with van der Waals surface area (Å²) >= 11 is 1.17. The van der Waals surface area contributed by atoms with E-state index in [1.807, 2.05) is 30.3 Å². The fourth-order valence-corrected chi connectivity index (χ4v) is 5.13. The van der Waals surface area contributed by atoms with Crippen molar-refractivity contribution in [3.63, 3.8) is 0 Å². The van der Waals surface area contributed by atoms with E-state index in [1.165, 1.54) is 61.6 Å². The van der Waals surface area contributed by atoms with Crippen LogP contribution in [0.4, 0.5) is 9.52 Å². The summed E-state index contributed by atoms with van der Waals surface area (Å²) in [5.41, 5.74) is 3.87. The zero-order valence-electron chi connectivity index (χ0n) is 22.1. The lowest BCUT2D eigenvalue weighted by molar-refractivity contribution is 0.0988. The van der Waals surface area contributed by atoms with Crippen LogP contribution < -0.4 is 19.2 Å². The maximum Gasteiger partial charge on any atom is 0.280 e. The quantitative estimate of drug-likeness (QED) is 0.149. The summed E-state index contributed by atoms with van der Waals surface area (Å²) in [6, 6.07) is 25.3. The molecule has 0 N–H and O–H groups in total. The van der Waals surface area contributed by atoms with Crippen LogP contribution in [0.1, 0.15) is 27.0 Å². The number of hydrogen-bond acceptors (Lipinski definition) is 7. The smallest absolute Gasteiger partial charge is 0.280 e. The van der Waals surface area contributed by atoms with Gasteiger partial charge in [0.05, 0.1) is 37.8 Å². The minimum absolute atomic E-state index is 0.308. The van der Waals surface area contributed by atoms with E-state index in [2.05, 4.69) is 22.2 Å². The molecule has 0 radical (unpaired) electrons. The summed E-state index contributed by atoms with van der Waals surface area (Å²) in [6.45, 7) is 0. The maximum atomic E-state index is 13.9. The fourth-order valence-electron chi connectivity index (χ4n) is 4.18. The molecule has 0 fully saturated rings. The molecule has 202 valence electrons. The fraction of sp³-hybridized carbons (Fsp3) is 0.129. The molecular formula is C31H26FN3O4S. The van der Waals surface area contributed by atoms with Crippen molar-refractivity contribution in [1.82, 2.24) is 4.98 Å². The van der Waals surface area contributed by atoms with Crippen molar-refractivity contribution in [3.05, 3.63) is 113 Å². The van der Waals surface area contributed by atoms with Crippen molar-refractivity contribution in [2.45, 2.75) is 6.42 Å². The number of methoxy groups -OCH3 is 3. The number of amides is 1. The van der Waals surface area contributed by atoms with Crippen molar-refractivity contribution in [3.8, 4) is 17.2 Å². The van der Waals surface area contributed by atoms with Crippen molar-refractivity contribution in [2.24, 2.45) is 5.10 Å². The van der Waals surface area contributed by atoms with Crippen LogP contribution in [0.15, 0.2) is 90.0 Å². The zero-order chi connectivity index (χ0) is 28.1. The summed E-state index contributed by atoms with van der Waals surface area (Å²) in [6.07, 6.45) is 2.26. The van der Waals surface area contributed by atoms with Gasteiger partial charge in [-0.05, 0) is 60.0 Å². The lowest BCUT2D eigenvalue weighted by Crippen LogP contribution is -2.25. The molecule has 5 rings (SSSR count). The second kappa shape index (κ2) is 12.0. The second-order valence-electron chi connectivity index (χ2n) is 8.79. The Morgan fingerprint density at radius 2 is 1.57 bits per heavy atom. The molecule has 0 atom stereocenters. The summed E-state index contributed by atoms with van der Waals surface area (Å²) in [4.78, 5) is 18.3. The van der Waals surface area contributed by atoms with E-state index < -0.39 is 0 Å². The van der Waals surface area contributed by atoms with Crippen molar-refractivity contribution >= 4 is 38.8 Å². The van der Waals surface area contributed by atoms with Crippen molar-refractivity contribution < 1.29 is 23.4 Å². The highest BCUT2D eigenvalue weighted by Gasteiger charge is 2.22. The topological polar surface area (TPSA) is 73.2 Å². The lowest BCUT2D eigenvalue weighted by Gasteiger charge is -2.15. The van der Waals surface area contributed by atoms with Gasteiger partial charge in [-0.15, -0.1) is 0 Å². The summed E-state index contributed by atoms with van der Waals surface area (Å²) in [5, 5.41) is 6.04. The Morgan fingerprint density at radius 1 is 0.900 bits per heavy atom. The first-order valence-corrected chi connectivity index (χ1v) is 13.2. The van der Waals surface area contributed by atoms with E-state index in [0.29, 0.717) is 43.7 Å². The first-order chi connectivity index (χ1) is 19.5. The summed E-state index contributed by atoms with van der Waals surface area (Å²) < 4.78 is 30.8. The number of ether oxygens (including phenoxy) is 3. The number of carbonyl (C=O) groups excluding carboxylic acids is 1. The van der Waals surface area contributed by atoms with E-state index in [4.69, 9.17) is 14.2 Å². The van der Waals surface area contributed by atoms with Crippen LogP contribution in [0.3, 0.4) is 0 Å². The monoisotopic (exact) mass is 555 g/mol. The highest BCUT2D eigenvalue weighted by molar-refractivity contribution is 7.22. The molecule has 0 aliphatic rings. The molecule has 0 bridgehead atoms. The van der Waals surface area contributed by atoms with Crippen LogP contribution in [0, 0.1) is 5.82 Å². The predicted octanol–water partition coefficient (Wildman–Crippen LogP) is 6.73. The van der Waals surface area contributed by atoms with Gasteiger partial charge >= 0.3 is 0 Å². The third-order valence-corrected chi connectivity index (χ3v) is 7.17. The van der Waals surface area contributed by atoms with Gasteiger partial charge in [0.2, 0.25) is 10.9 Å². The number of aromatic nitrogens is 1. The van der Waals surface area contributed by atoms with E-state index in [-0.39, 0.29) is 11.7 Å². The van der Waals surface area contributed by atoms with Crippen molar-refractivity contribution in [1.29, 1.82) is 0 Å². The van der Waals surface area contributed by atoms with Gasteiger partial charge in [0, 0.05) is 11.1 Å². The first kappa shape index (κ1) is 26.8. The standard InChI is InChI=1S/C31H26FN3O4S/c1-37-26-16-22(17-27(38-2)29(26)39-3)19-33-35(31-34-25-14-13-24(32)18-28(25)40-31)30(36)23-11-9-21(10-12-23)15-20-7-5-4-6-8-20/h4-14,16-19H,15H2,1-3H3/b33-19+. The van der Waals surface area contributed by atoms with Crippen molar-refractivity contribution in [2.75, 3.05) is 26.3 Å². The van der Waals surface area contributed by atoms with E-state index in [9.17, 15) is 9.18 Å². The average molecular weight is 556 g/mol. The minimum atomic E-state index is -0.380. The summed E-state index contributed by atoms with van der Waals surface area (Å²) in [7, 11) is 4.57. The van der Waals surface area contributed by atoms with Gasteiger partial charge in [0.1, 0.15) is 5.82 Å². The zero-order valence-corrected chi connectivity index (χ0v) is 22.9. The maximum absolute atomic E-state index is 13.9. The van der Waals surface area contributed by atoms with Gasteiger partial charge in [-0.1, -0.05) is 53.8 Å². The Labute approximate surface area is 235 Å². The highest BCUT2D eigenvalue weighted by atomic mass is 32.1. The van der Waals surface area contributed by atoms with E-state index >= 15 is 0 Å². The molecular weight excluding hydrogens is 529 g/mol. The normalized spacial score (nSPS) is 11.1. The van der Waals surface area contributed by atoms with Crippen LogP contribution in [0.2, 0.25) is 0 Å². The van der Waals surface area contributed by atoms with Crippen LogP contribution >= 0.6 is 11.3 Å². The van der Waals surface area contributed by atoms with Crippen LogP contribution in [-0.4, -0.2) is 38.4 Å². The molecule has 1 heterocycles. The van der Waals surface area contributed by atoms with Gasteiger partial charge in [0.15, 0.2) is 11.5 Å². The van der Waals surface area contributed by atoms with E-state index in [0.717, 1.165) is 12.0 Å². The largest absolute Gasteiger partial charge is 0.493 e. The Morgan fingerprint density at radius 3 is 2.23 bits per heavy atom.